The predicted octanol–water partition coefficient (Wildman–Crippen LogP) is 2.21. The molecule has 0 fully saturated rings. The van der Waals surface area contributed by atoms with Crippen molar-refractivity contribution in [3.63, 3.8) is 0 Å². The van der Waals surface area contributed by atoms with Gasteiger partial charge in [-0.25, -0.2) is 4.79 Å². The number of hydrogen-bond donors (Lipinski definition) is 1. The molecule has 0 aromatic heterocycles. The molecule has 0 saturated carbocycles. The van der Waals surface area contributed by atoms with Gasteiger partial charge in [0.15, 0.2) is 14.4 Å². The molecule has 1 aliphatic rings. The molecule has 1 aromatic carbocycles. The molecule has 0 spiro atoms. The van der Waals surface area contributed by atoms with Gasteiger partial charge in [-0.2, -0.15) is 0 Å². The van der Waals surface area contributed by atoms with Crippen molar-refractivity contribution < 1.29 is 28.7 Å². The molecule has 2 rings (SSSR count). The fourth-order valence-corrected chi connectivity index (χ4v) is 3.96. The highest BCUT2D eigenvalue weighted by Crippen LogP contribution is 2.38. The summed E-state index contributed by atoms with van der Waals surface area (Å²) in [6, 6.07) is 5.24. The Morgan fingerprint density at radius 1 is 1.15 bits per heavy atom. The van der Waals surface area contributed by atoms with E-state index in [4.69, 9.17) is 9.16 Å². The average molecular weight is 394 g/mol. The van der Waals surface area contributed by atoms with E-state index < -0.39 is 44.9 Å². The molecule has 7 nitrogen and oxygen atoms in total. The number of fused-ring (bicyclic) bond motifs is 1. The van der Waals surface area contributed by atoms with Gasteiger partial charge in [-0.05, 0) is 30.3 Å². The lowest BCUT2D eigenvalue weighted by molar-refractivity contribution is -0.152. The maximum atomic E-state index is 12.8. The van der Waals surface area contributed by atoms with Gasteiger partial charge in [0.25, 0.3) is 11.8 Å². The number of carbonyl (C=O) groups is 3. The highest BCUT2D eigenvalue weighted by atomic mass is 28.4. The van der Waals surface area contributed by atoms with Crippen molar-refractivity contribution >= 4 is 26.1 Å². The van der Waals surface area contributed by atoms with Gasteiger partial charge >= 0.3 is 5.97 Å². The maximum Gasteiger partial charge on any atom is 0.336 e. The summed E-state index contributed by atoms with van der Waals surface area (Å²) in [6.07, 6.45) is -1.26. The number of rotatable bonds is 6. The number of amides is 2. The zero-order valence-electron chi connectivity index (χ0n) is 16.6. The molecule has 0 unspecified atom stereocenters. The zero-order valence-corrected chi connectivity index (χ0v) is 17.6. The predicted molar refractivity (Wildman–Crippen MR) is 102 cm³/mol. The lowest BCUT2D eigenvalue weighted by atomic mass is 10.1. The maximum absolute atomic E-state index is 12.8. The lowest BCUT2D eigenvalue weighted by Gasteiger charge is -2.41. The van der Waals surface area contributed by atoms with Crippen LogP contribution in [0.3, 0.4) is 0 Å². The van der Waals surface area contributed by atoms with E-state index in [0.29, 0.717) is 0 Å². The Kier molecular flexibility index (Phi) is 5.93. The summed E-state index contributed by atoms with van der Waals surface area (Å²) < 4.78 is 11.0. The van der Waals surface area contributed by atoms with Crippen LogP contribution in [0.15, 0.2) is 24.3 Å². The number of hydrogen-bond acceptors (Lipinski definition) is 6. The smallest absolute Gasteiger partial charge is 0.336 e. The third kappa shape index (κ3) is 3.83. The number of benzene rings is 1. The molecule has 1 heterocycles. The summed E-state index contributed by atoms with van der Waals surface area (Å²) in [5.41, 5.74) is 0.494. The second kappa shape index (κ2) is 7.53. The summed E-state index contributed by atoms with van der Waals surface area (Å²) in [6.45, 7) is 9.29. The summed E-state index contributed by atoms with van der Waals surface area (Å²) >= 11 is 0. The van der Waals surface area contributed by atoms with Crippen LogP contribution in [0.1, 0.15) is 41.5 Å². The van der Waals surface area contributed by atoms with Gasteiger partial charge in [0.1, 0.15) is 0 Å². The molecule has 2 amide bonds. The van der Waals surface area contributed by atoms with Crippen LogP contribution >= 0.6 is 0 Å². The van der Waals surface area contributed by atoms with E-state index in [9.17, 15) is 19.5 Å². The number of esters is 1. The number of aliphatic hydroxyl groups excluding tert-OH is 1. The monoisotopic (exact) mass is 393 g/mol. The second-order valence-corrected chi connectivity index (χ2v) is 12.9. The van der Waals surface area contributed by atoms with Crippen LogP contribution in [-0.2, 0) is 14.0 Å². The Morgan fingerprint density at radius 3 is 2.00 bits per heavy atom. The third-order valence-electron chi connectivity index (χ3n) is 5.35. The van der Waals surface area contributed by atoms with Crippen molar-refractivity contribution in [3.05, 3.63) is 35.4 Å². The van der Waals surface area contributed by atoms with Gasteiger partial charge < -0.3 is 14.3 Å². The van der Waals surface area contributed by atoms with Crippen molar-refractivity contribution in [3.8, 4) is 0 Å². The highest BCUT2D eigenvalue weighted by molar-refractivity contribution is 6.74. The molecule has 1 aromatic rings. The SMILES string of the molecule is COC(=O)[C@H](O[Si](C)(C)C(C)(C)C)[C@H](CO)N1C(=O)c2ccccc2C1=O. The minimum Gasteiger partial charge on any atom is -0.467 e. The quantitative estimate of drug-likeness (QED) is 0.452. The standard InChI is InChI=1S/C19H27NO6Si/c1-19(2,3)27(5,6)26-15(18(24)25-4)14(11-21)20-16(22)12-9-7-8-10-13(12)17(20)23/h7-10,14-15,21H,11H2,1-6H3/t14-,15+/m0/s1. The normalized spacial score (nSPS) is 16.9. The molecule has 1 N–H and O–H groups in total. The van der Waals surface area contributed by atoms with Gasteiger partial charge in [-0.3, -0.25) is 14.5 Å². The minimum absolute atomic E-state index is 0.221. The van der Waals surface area contributed by atoms with E-state index in [1.807, 2.05) is 33.9 Å². The molecule has 8 heteroatoms. The third-order valence-corrected chi connectivity index (χ3v) is 9.81. The molecular formula is C19H27NO6Si. The summed E-state index contributed by atoms with van der Waals surface area (Å²) in [5, 5.41) is 9.78. The largest absolute Gasteiger partial charge is 0.467 e. The Bertz CT molecular complexity index is 720. The van der Waals surface area contributed by atoms with Crippen LogP contribution in [0, 0.1) is 0 Å². The van der Waals surface area contributed by atoms with Crippen molar-refractivity contribution in [1.82, 2.24) is 4.90 Å². The Morgan fingerprint density at radius 2 is 1.63 bits per heavy atom. The Balaban J connectivity index is 2.44. The van der Waals surface area contributed by atoms with E-state index in [1.54, 1.807) is 24.3 Å². The average Bonchev–Trinajstić information content (AvgIpc) is 2.85. The fourth-order valence-electron chi connectivity index (χ4n) is 2.72. The van der Waals surface area contributed by atoms with Gasteiger partial charge in [0, 0.05) is 0 Å². The second-order valence-electron chi connectivity index (χ2n) is 8.10. The summed E-state index contributed by atoms with van der Waals surface area (Å²) in [5.74, 6) is -1.83. The van der Waals surface area contributed by atoms with E-state index in [1.165, 1.54) is 7.11 Å². The molecule has 0 saturated heterocycles. The fraction of sp³-hybridized carbons (Fsp3) is 0.526. The van der Waals surface area contributed by atoms with E-state index >= 15 is 0 Å². The molecule has 1 aliphatic heterocycles. The minimum atomic E-state index is -2.46. The van der Waals surface area contributed by atoms with Crippen molar-refractivity contribution in [1.29, 1.82) is 0 Å². The lowest BCUT2D eigenvalue weighted by Crippen LogP contribution is -2.57. The van der Waals surface area contributed by atoms with Gasteiger partial charge in [0.2, 0.25) is 0 Å². The molecule has 0 radical (unpaired) electrons. The van der Waals surface area contributed by atoms with Crippen LogP contribution in [-0.4, -0.2) is 62.0 Å². The van der Waals surface area contributed by atoms with E-state index in [2.05, 4.69) is 0 Å². The molecule has 148 valence electrons. The molecule has 0 aliphatic carbocycles. The van der Waals surface area contributed by atoms with E-state index in [-0.39, 0.29) is 16.2 Å². The topological polar surface area (TPSA) is 93.1 Å². The first-order chi connectivity index (χ1) is 12.5. The molecular weight excluding hydrogens is 366 g/mol. The first kappa shape index (κ1) is 21.3. The number of imide groups is 1. The van der Waals surface area contributed by atoms with Crippen LogP contribution in [0.4, 0.5) is 0 Å². The Labute approximate surface area is 160 Å². The van der Waals surface area contributed by atoms with Crippen LogP contribution in [0.5, 0.6) is 0 Å². The van der Waals surface area contributed by atoms with Gasteiger partial charge in [0.05, 0.1) is 30.9 Å². The van der Waals surface area contributed by atoms with Crippen molar-refractivity contribution in [2.75, 3.05) is 13.7 Å². The first-order valence-corrected chi connectivity index (χ1v) is 11.7. The summed E-state index contributed by atoms with van der Waals surface area (Å²) in [4.78, 5) is 39.0. The number of carbonyl (C=O) groups excluding carboxylic acids is 3. The zero-order chi connectivity index (χ0) is 20.6. The highest BCUT2D eigenvalue weighted by Gasteiger charge is 2.49. The number of ether oxygens (including phenoxy) is 1. The number of methoxy groups -OCH3 is 1. The first-order valence-electron chi connectivity index (χ1n) is 8.79. The van der Waals surface area contributed by atoms with Crippen LogP contribution in [0.2, 0.25) is 18.1 Å². The van der Waals surface area contributed by atoms with Crippen LogP contribution in [0.25, 0.3) is 0 Å². The van der Waals surface area contributed by atoms with E-state index in [0.717, 1.165) is 4.90 Å². The summed E-state index contributed by atoms with van der Waals surface area (Å²) in [7, 11) is -1.25. The molecule has 27 heavy (non-hydrogen) atoms. The molecule has 2 atom stereocenters. The van der Waals surface area contributed by atoms with Crippen LogP contribution < -0.4 is 0 Å². The van der Waals surface area contributed by atoms with Crippen molar-refractivity contribution in [2.45, 2.75) is 51.0 Å². The van der Waals surface area contributed by atoms with Gasteiger partial charge in [-0.15, -0.1) is 0 Å². The molecule has 0 bridgehead atoms. The number of nitrogens with zero attached hydrogens (tertiary/aromatic N) is 1. The number of aliphatic hydroxyl groups is 1. The Hall–Kier alpha value is -2.03. The van der Waals surface area contributed by atoms with Gasteiger partial charge in [-0.1, -0.05) is 32.9 Å². The van der Waals surface area contributed by atoms with Crippen molar-refractivity contribution in [2.24, 2.45) is 0 Å².